The maximum Gasteiger partial charge on any atom is 0.290 e. The summed E-state index contributed by atoms with van der Waals surface area (Å²) >= 11 is 0.990. The van der Waals surface area contributed by atoms with Crippen LogP contribution in [-0.2, 0) is 11.3 Å². The molecule has 3 aromatic rings. The van der Waals surface area contributed by atoms with Crippen molar-refractivity contribution in [2.45, 2.75) is 37.3 Å². The van der Waals surface area contributed by atoms with E-state index in [9.17, 15) is 4.79 Å². The van der Waals surface area contributed by atoms with Gasteiger partial charge in [-0.05, 0) is 26.0 Å². The van der Waals surface area contributed by atoms with Crippen LogP contribution in [0.5, 0.6) is 5.06 Å². The van der Waals surface area contributed by atoms with Crippen molar-refractivity contribution in [1.29, 1.82) is 0 Å². The lowest BCUT2D eigenvalue weighted by atomic mass is 9.42. The standard InChI is InChI=1S/C21H15B4F2N5O3S/c1-3-28-17(33)15-30-16-8(2)29-14(13-10(26)5-4-6-11(13)27)12-9-7-34-20(22,23)21(24,25)35-19(9)36-18(12)32(16)31-15/h4-6,8H,3,7H2,1-2H3,(H,28,33)/t8-/m0/s1. The SMILES string of the molecule is [B]C1([B])OCc2c(sc3c2C(c2c(F)cccc2F)=N[C@@H](C)c2nc(C(=O)NCC)nn2-3)OC1([B])[B]. The highest BCUT2D eigenvalue weighted by Gasteiger charge is 2.43. The molecular formula is C21H15B4F2N5O3S. The van der Waals surface area contributed by atoms with E-state index >= 15 is 8.78 Å². The predicted octanol–water partition coefficient (Wildman–Crippen LogP) is 1.16. The monoisotopic (exact) mass is 499 g/mol. The molecule has 4 heterocycles. The summed E-state index contributed by atoms with van der Waals surface area (Å²) in [5, 5.41) is 3.18. The number of fused-ring (bicyclic) bond motifs is 5. The first-order valence-electron chi connectivity index (χ1n) is 10.9. The van der Waals surface area contributed by atoms with E-state index in [1.165, 1.54) is 10.7 Å². The van der Waals surface area contributed by atoms with Crippen LogP contribution in [-0.4, -0.2) is 75.1 Å². The molecule has 5 rings (SSSR count). The van der Waals surface area contributed by atoms with Gasteiger partial charge in [0.05, 0.1) is 17.9 Å². The van der Waals surface area contributed by atoms with Gasteiger partial charge in [0.1, 0.15) is 54.1 Å². The second-order valence-corrected chi connectivity index (χ2v) is 9.30. The Labute approximate surface area is 214 Å². The lowest BCUT2D eigenvalue weighted by Crippen LogP contribution is -2.61. The van der Waals surface area contributed by atoms with E-state index in [-0.39, 0.29) is 40.2 Å². The number of amides is 1. The lowest BCUT2D eigenvalue weighted by molar-refractivity contribution is 0.0149. The first-order chi connectivity index (χ1) is 16.9. The number of aromatic nitrogens is 3. The van der Waals surface area contributed by atoms with Gasteiger partial charge in [0, 0.05) is 28.5 Å². The zero-order valence-electron chi connectivity index (χ0n) is 19.2. The highest BCUT2D eigenvalue weighted by atomic mass is 32.1. The summed E-state index contributed by atoms with van der Waals surface area (Å²) in [5.41, 5.74) is 0.115. The minimum absolute atomic E-state index is 0.0363. The van der Waals surface area contributed by atoms with Gasteiger partial charge < -0.3 is 14.8 Å². The van der Waals surface area contributed by atoms with E-state index in [1.54, 1.807) is 13.8 Å². The topological polar surface area (TPSA) is 90.6 Å². The molecule has 15 heteroatoms. The number of benzene rings is 1. The summed E-state index contributed by atoms with van der Waals surface area (Å²) in [4.78, 5) is 21.4. The van der Waals surface area contributed by atoms with Gasteiger partial charge in [-0.1, -0.05) is 17.4 Å². The molecule has 0 fully saturated rings. The highest BCUT2D eigenvalue weighted by Crippen LogP contribution is 2.46. The number of thiophene rings is 1. The third kappa shape index (κ3) is 3.80. The third-order valence-electron chi connectivity index (χ3n) is 5.78. The summed E-state index contributed by atoms with van der Waals surface area (Å²) in [6, 6.07) is 2.74. The maximum absolute atomic E-state index is 15.0. The Morgan fingerprint density at radius 3 is 2.58 bits per heavy atom. The molecule has 2 aromatic heterocycles. The van der Waals surface area contributed by atoms with E-state index in [2.05, 4.69) is 20.4 Å². The van der Waals surface area contributed by atoms with Gasteiger partial charge in [-0.15, -0.1) is 5.10 Å². The number of ether oxygens (including phenoxy) is 2. The molecule has 1 amide bonds. The molecule has 0 saturated heterocycles. The highest BCUT2D eigenvalue weighted by molar-refractivity contribution is 7.17. The molecule has 2 aliphatic rings. The first kappa shape index (κ1) is 24.8. The van der Waals surface area contributed by atoms with Crippen molar-refractivity contribution in [3.63, 3.8) is 0 Å². The summed E-state index contributed by atoms with van der Waals surface area (Å²) in [7, 11) is 23.8. The number of hydrogen-bond acceptors (Lipinski definition) is 7. The molecule has 0 spiro atoms. The summed E-state index contributed by atoms with van der Waals surface area (Å²) in [6.45, 7) is 3.51. The van der Waals surface area contributed by atoms with Crippen LogP contribution in [0.25, 0.3) is 5.00 Å². The number of carbonyl (C=O) groups excluding carboxylic acids is 1. The van der Waals surface area contributed by atoms with Gasteiger partial charge in [-0.2, -0.15) is 0 Å². The second kappa shape index (κ2) is 8.58. The lowest BCUT2D eigenvalue weighted by Gasteiger charge is -2.41. The van der Waals surface area contributed by atoms with E-state index in [4.69, 9.17) is 40.9 Å². The van der Waals surface area contributed by atoms with Crippen LogP contribution in [0.15, 0.2) is 23.2 Å². The van der Waals surface area contributed by atoms with Crippen molar-refractivity contribution in [3.05, 3.63) is 58.2 Å². The molecule has 2 aliphatic heterocycles. The van der Waals surface area contributed by atoms with Crippen molar-refractivity contribution in [2.24, 2.45) is 4.99 Å². The van der Waals surface area contributed by atoms with Crippen molar-refractivity contribution in [1.82, 2.24) is 20.1 Å². The number of aliphatic imine (C=N–C) groups is 1. The summed E-state index contributed by atoms with van der Waals surface area (Å²) < 4.78 is 42.7. The number of nitrogens with zero attached hydrogens (tertiary/aromatic N) is 4. The Bertz CT molecular complexity index is 1400. The first-order valence-corrected chi connectivity index (χ1v) is 11.7. The van der Waals surface area contributed by atoms with Crippen LogP contribution in [0, 0.1) is 11.6 Å². The Morgan fingerprint density at radius 1 is 1.22 bits per heavy atom. The summed E-state index contributed by atoms with van der Waals surface area (Å²) in [5.74, 6) is -2.00. The second-order valence-electron chi connectivity index (χ2n) is 8.34. The molecule has 1 N–H and O–H groups in total. The van der Waals surface area contributed by atoms with Gasteiger partial charge in [0.2, 0.25) is 5.82 Å². The van der Waals surface area contributed by atoms with E-state index < -0.39 is 34.4 Å². The van der Waals surface area contributed by atoms with Crippen LogP contribution >= 0.6 is 11.3 Å². The van der Waals surface area contributed by atoms with E-state index in [0.717, 1.165) is 23.5 Å². The van der Waals surface area contributed by atoms with Crippen molar-refractivity contribution < 1.29 is 23.0 Å². The Morgan fingerprint density at radius 2 is 1.92 bits per heavy atom. The molecule has 0 saturated carbocycles. The Kier molecular flexibility index (Phi) is 5.90. The van der Waals surface area contributed by atoms with Crippen molar-refractivity contribution in [2.75, 3.05) is 6.54 Å². The van der Waals surface area contributed by atoms with Crippen LogP contribution in [0.4, 0.5) is 8.78 Å². The fourth-order valence-electron chi connectivity index (χ4n) is 3.89. The van der Waals surface area contributed by atoms with Crippen molar-refractivity contribution >= 4 is 54.3 Å². The zero-order valence-corrected chi connectivity index (χ0v) is 20.0. The Balaban J connectivity index is 1.80. The molecule has 174 valence electrons. The van der Waals surface area contributed by atoms with Gasteiger partial charge in [0.15, 0.2) is 10.9 Å². The molecule has 0 aliphatic carbocycles. The Hall–Kier alpha value is -2.92. The molecule has 0 unspecified atom stereocenters. The third-order valence-corrected chi connectivity index (χ3v) is 6.86. The molecule has 8 radical (unpaired) electrons. The van der Waals surface area contributed by atoms with Gasteiger partial charge in [0.25, 0.3) is 5.91 Å². The van der Waals surface area contributed by atoms with Crippen LogP contribution < -0.4 is 10.1 Å². The van der Waals surface area contributed by atoms with Gasteiger partial charge in [-0.3, -0.25) is 9.79 Å². The minimum Gasteiger partial charge on any atom is -0.496 e. The zero-order chi connectivity index (χ0) is 26.0. The quantitative estimate of drug-likeness (QED) is 0.548. The van der Waals surface area contributed by atoms with Crippen LogP contribution in [0.3, 0.4) is 0 Å². The minimum atomic E-state index is -2.16. The van der Waals surface area contributed by atoms with Crippen LogP contribution in [0.2, 0.25) is 0 Å². The maximum atomic E-state index is 15.0. The number of hydrogen-bond donors (Lipinski definition) is 1. The van der Waals surface area contributed by atoms with E-state index in [0.29, 0.717) is 17.1 Å². The van der Waals surface area contributed by atoms with Crippen LogP contribution in [0.1, 0.15) is 53.0 Å². The fraction of sp³-hybridized carbons (Fsp3) is 0.333. The van der Waals surface area contributed by atoms with Gasteiger partial charge in [-0.25, -0.2) is 18.4 Å². The average Bonchev–Trinajstić information content (AvgIpc) is 3.33. The average molecular weight is 499 g/mol. The van der Waals surface area contributed by atoms with Crippen molar-refractivity contribution in [3.8, 4) is 10.1 Å². The van der Waals surface area contributed by atoms with Gasteiger partial charge >= 0.3 is 0 Å². The largest absolute Gasteiger partial charge is 0.496 e. The number of nitrogens with one attached hydrogen (secondary N) is 1. The molecule has 8 nitrogen and oxygen atoms in total. The van der Waals surface area contributed by atoms with E-state index in [1.807, 2.05) is 0 Å². The molecule has 1 atom stereocenters. The normalized spacial score (nSPS) is 19.6. The summed E-state index contributed by atoms with van der Waals surface area (Å²) in [6.07, 6.45) is 0. The fourth-order valence-corrected chi connectivity index (χ4v) is 5.07. The number of carbonyl (C=O) groups is 1. The molecule has 1 aromatic carbocycles. The number of rotatable bonds is 3. The molecule has 36 heavy (non-hydrogen) atoms. The number of halogens is 2. The smallest absolute Gasteiger partial charge is 0.290 e. The molecule has 0 bridgehead atoms. The molecular weight excluding hydrogens is 484 g/mol. The predicted molar refractivity (Wildman–Crippen MR) is 132 cm³/mol.